The average Bonchev–Trinajstić information content (AvgIpc) is 2.76. The second-order valence-electron chi connectivity index (χ2n) is 7.40. The summed E-state index contributed by atoms with van der Waals surface area (Å²) in [6.07, 6.45) is 5.97. The molecule has 0 aliphatic carbocycles. The minimum Gasteiger partial charge on any atom is -0.368 e. The van der Waals surface area contributed by atoms with Gasteiger partial charge in [0.1, 0.15) is 12.0 Å². The van der Waals surface area contributed by atoms with Crippen molar-refractivity contribution in [1.82, 2.24) is 5.32 Å². The number of nitrogens with two attached hydrogens (primary N) is 2. The fourth-order valence-electron chi connectivity index (χ4n) is 3.11. The van der Waals surface area contributed by atoms with Crippen molar-refractivity contribution >= 4 is 19.2 Å². The molecule has 0 radical (unpaired) electrons. The van der Waals surface area contributed by atoms with Crippen LogP contribution in [0.15, 0.2) is 60.7 Å². The summed E-state index contributed by atoms with van der Waals surface area (Å²) in [7, 11) is -3.92. The molecule has 0 aliphatic rings. The largest absolute Gasteiger partial charge is 0.368 e. The predicted molar refractivity (Wildman–Crippen MR) is 121 cm³/mol. The molecule has 2 aromatic carbocycles. The molecule has 0 saturated heterocycles. The van der Waals surface area contributed by atoms with Crippen LogP contribution < -0.4 is 16.8 Å². The van der Waals surface area contributed by atoms with Gasteiger partial charge in [-0.15, -0.1) is 6.42 Å². The van der Waals surface area contributed by atoms with E-state index in [-0.39, 0.29) is 12.8 Å². The normalized spacial score (nSPS) is 15.6. The first-order valence-electron chi connectivity index (χ1n) is 9.93. The number of nitrogens with one attached hydrogen (secondary N) is 1. The molecule has 31 heavy (non-hydrogen) atoms. The molecule has 164 valence electrons. The standard InChI is InChI=1S/C23H28N3O4P/c1-2-19(16-31(29,30)21(24)14-13-17-9-5-3-6-10-17)23(28)26-20(22(25)27)15-18-11-7-4-8-12-18/h1,3-12,19-21H,13-16,24H2,(H2,25,27)(H,26,28)(H,29,30)/t19-,20+,21-/m1/s1. The summed E-state index contributed by atoms with van der Waals surface area (Å²) in [6.45, 7) is 0. The molecule has 0 bridgehead atoms. The molecule has 2 rings (SSSR count). The lowest BCUT2D eigenvalue weighted by Gasteiger charge is -2.23. The highest BCUT2D eigenvalue weighted by molar-refractivity contribution is 7.58. The Labute approximate surface area is 182 Å². The Morgan fingerprint density at radius 2 is 1.61 bits per heavy atom. The Morgan fingerprint density at radius 1 is 1.06 bits per heavy atom. The molecule has 4 atom stereocenters. The van der Waals surface area contributed by atoms with Crippen LogP contribution >= 0.6 is 7.37 Å². The van der Waals surface area contributed by atoms with Crippen molar-refractivity contribution in [2.45, 2.75) is 31.1 Å². The fourth-order valence-corrected chi connectivity index (χ4v) is 4.71. The molecule has 0 saturated carbocycles. The number of carbonyl (C=O) groups is 2. The molecule has 2 aromatic rings. The maximum Gasteiger partial charge on any atom is 0.240 e. The van der Waals surface area contributed by atoms with Gasteiger partial charge < -0.3 is 21.7 Å². The summed E-state index contributed by atoms with van der Waals surface area (Å²) >= 11 is 0. The predicted octanol–water partition coefficient (Wildman–Crippen LogP) is 1.64. The lowest BCUT2D eigenvalue weighted by Crippen LogP contribution is -2.48. The highest BCUT2D eigenvalue weighted by atomic mass is 31.2. The molecule has 0 spiro atoms. The summed E-state index contributed by atoms with van der Waals surface area (Å²) in [5.41, 5.74) is 13.2. The van der Waals surface area contributed by atoms with E-state index in [0.29, 0.717) is 6.42 Å². The molecule has 7 nitrogen and oxygen atoms in total. The number of benzene rings is 2. The third-order valence-corrected chi connectivity index (χ3v) is 7.18. The van der Waals surface area contributed by atoms with E-state index in [1.165, 1.54) is 0 Å². The van der Waals surface area contributed by atoms with Crippen LogP contribution in [0.25, 0.3) is 0 Å². The molecule has 0 aliphatic heterocycles. The quantitative estimate of drug-likeness (QED) is 0.311. The summed E-state index contributed by atoms with van der Waals surface area (Å²) in [5, 5.41) is 2.51. The Balaban J connectivity index is 1.98. The number of aryl methyl sites for hydroxylation is 1. The molecule has 2 amide bonds. The van der Waals surface area contributed by atoms with E-state index in [1.54, 1.807) is 24.3 Å². The summed E-state index contributed by atoms with van der Waals surface area (Å²) in [5.74, 6) is -1.41. The highest BCUT2D eigenvalue weighted by Crippen LogP contribution is 2.47. The first-order chi connectivity index (χ1) is 14.7. The van der Waals surface area contributed by atoms with Crippen LogP contribution in [0.2, 0.25) is 0 Å². The first kappa shape index (κ1) is 24.4. The van der Waals surface area contributed by atoms with Gasteiger partial charge in [0.05, 0.1) is 5.78 Å². The van der Waals surface area contributed by atoms with E-state index in [0.717, 1.165) is 11.1 Å². The zero-order valence-corrected chi connectivity index (χ0v) is 18.1. The molecule has 8 heteroatoms. The summed E-state index contributed by atoms with van der Waals surface area (Å²) in [6, 6.07) is 17.5. The number of terminal acetylenes is 1. The Hall–Kier alpha value is -2.91. The van der Waals surface area contributed by atoms with Gasteiger partial charge in [-0.2, -0.15) is 0 Å². The number of hydrogen-bond donors (Lipinski definition) is 4. The van der Waals surface area contributed by atoms with E-state index in [1.807, 2.05) is 36.4 Å². The summed E-state index contributed by atoms with van der Waals surface area (Å²) < 4.78 is 12.8. The molecular formula is C23H28N3O4P. The van der Waals surface area contributed by atoms with Gasteiger partial charge in [-0.1, -0.05) is 66.6 Å². The zero-order valence-electron chi connectivity index (χ0n) is 17.2. The number of carbonyl (C=O) groups excluding carboxylic acids is 2. The van der Waals surface area contributed by atoms with Gasteiger partial charge in [-0.05, 0) is 24.0 Å². The third kappa shape index (κ3) is 7.69. The van der Waals surface area contributed by atoms with Crippen LogP contribution in [0.5, 0.6) is 0 Å². The first-order valence-corrected chi connectivity index (χ1v) is 11.8. The van der Waals surface area contributed by atoms with Crippen molar-refractivity contribution in [1.29, 1.82) is 0 Å². The minimum absolute atomic E-state index is 0.187. The monoisotopic (exact) mass is 441 g/mol. The van der Waals surface area contributed by atoms with E-state index in [9.17, 15) is 19.0 Å². The molecule has 0 fully saturated rings. The SMILES string of the molecule is C#C[C@H](CP(=O)(O)[C@@H](N)CCc1ccccc1)C(=O)N[C@@H](Cc1ccccc1)C(N)=O. The van der Waals surface area contributed by atoms with Gasteiger partial charge in [0.25, 0.3) is 0 Å². The second kappa shape index (κ2) is 11.5. The third-order valence-electron chi connectivity index (χ3n) is 4.99. The number of primary amides is 1. The molecule has 0 heterocycles. The van der Waals surface area contributed by atoms with Gasteiger partial charge in [0, 0.05) is 12.6 Å². The van der Waals surface area contributed by atoms with Crippen molar-refractivity contribution in [3.63, 3.8) is 0 Å². The van der Waals surface area contributed by atoms with Gasteiger partial charge >= 0.3 is 0 Å². The van der Waals surface area contributed by atoms with Crippen LogP contribution in [0.1, 0.15) is 17.5 Å². The lowest BCUT2D eigenvalue weighted by atomic mass is 10.0. The lowest BCUT2D eigenvalue weighted by molar-refractivity contribution is -0.128. The molecule has 0 aromatic heterocycles. The molecule has 6 N–H and O–H groups in total. The highest BCUT2D eigenvalue weighted by Gasteiger charge is 2.34. The van der Waals surface area contributed by atoms with Gasteiger partial charge in [-0.3, -0.25) is 14.2 Å². The summed E-state index contributed by atoms with van der Waals surface area (Å²) in [4.78, 5) is 34.9. The van der Waals surface area contributed by atoms with Crippen molar-refractivity contribution in [3.05, 3.63) is 71.8 Å². The second-order valence-corrected chi connectivity index (χ2v) is 9.94. The van der Waals surface area contributed by atoms with Gasteiger partial charge in [-0.25, -0.2) is 0 Å². The van der Waals surface area contributed by atoms with Crippen LogP contribution in [-0.2, 0) is 27.0 Å². The minimum atomic E-state index is -3.92. The van der Waals surface area contributed by atoms with Crippen LogP contribution in [0.3, 0.4) is 0 Å². The Kier molecular flexibility index (Phi) is 9.02. The van der Waals surface area contributed by atoms with E-state index in [4.69, 9.17) is 17.9 Å². The average molecular weight is 441 g/mol. The Bertz CT molecular complexity index is 960. The van der Waals surface area contributed by atoms with Gasteiger partial charge in [0.2, 0.25) is 19.2 Å². The van der Waals surface area contributed by atoms with Crippen LogP contribution in [0.4, 0.5) is 0 Å². The molecular weight excluding hydrogens is 413 g/mol. The Morgan fingerprint density at radius 3 is 2.13 bits per heavy atom. The topological polar surface area (TPSA) is 136 Å². The van der Waals surface area contributed by atoms with Crippen molar-refractivity contribution in [3.8, 4) is 12.3 Å². The van der Waals surface area contributed by atoms with Crippen molar-refractivity contribution in [2.75, 3.05) is 6.16 Å². The zero-order chi connectivity index (χ0) is 22.9. The van der Waals surface area contributed by atoms with Crippen molar-refractivity contribution < 1.29 is 19.0 Å². The molecule has 1 unspecified atom stereocenters. The van der Waals surface area contributed by atoms with Crippen LogP contribution in [-0.4, -0.2) is 34.7 Å². The maximum atomic E-state index is 12.8. The van der Waals surface area contributed by atoms with Crippen molar-refractivity contribution in [2.24, 2.45) is 17.4 Å². The number of amides is 2. The fraction of sp³-hybridized carbons (Fsp3) is 0.304. The van der Waals surface area contributed by atoms with E-state index < -0.39 is 43.1 Å². The maximum absolute atomic E-state index is 12.8. The van der Waals surface area contributed by atoms with Gasteiger partial charge in [0.15, 0.2) is 0 Å². The van der Waals surface area contributed by atoms with E-state index in [2.05, 4.69) is 11.2 Å². The van der Waals surface area contributed by atoms with E-state index >= 15 is 0 Å². The van der Waals surface area contributed by atoms with Crippen LogP contribution in [0, 0.1) is 18.3 Å². The number of rotatable bonds is 11. The smallest absolute Gasteiger partial charge is 0.240 e. The number of hydrogen-bond acceptors (Lipinski definition) is 4.